The van der Waals surface area contributed by atoms with Crippen molar-refractivity contribution in [1.29, 1.82) is 0 Å². The maximum Gasteiger partial charge on any atom is 0.241 e. The summed E-state index contributed by atoms with van der Waals surface area (Å²) in [7, 11) is -3.48. The lowest BCUT2D eigenvalue weighted by Crippen LogP contribution is -2.46. The van der Waals surface area contributed by atoms with E-state index >= 15 is 0 Å². The third kappa shape index (κ3) is 3.56. The molecule has 1 N–H and O–H groups in total. The number of benzene rings is 1. The fourth-order valence-electron chi connectivity index (χ4n) is 1.57. The van der Waals surface area contributed by atoms with Crippen LogP contribution in [-0.4, -0.2) is 19.3 Å². The third-order valence-electron chi connectivity index (χ3n) is 3.09. The first-order chi connectivity index (χ1) is 8.24. The molecule has 0 bridgehead atoms. The minimum atomic E-state index is -3.48. The van der Waals surface area contributed by atoms with Gasteiger partial charge in [0.1, 0.15) is 0 Å². The molecule has 0 amide bonds. The summed E-state index contributed by atoms with van der Waals surface area (Å²) < 4.78 is 27.6. The maximum absolute atomic E-state index is 12.4. The summed E-state index contributed by atoms with van der Waals surface area (Å²) in [6.07, 6.45) is 0.725. The molecule has 1 rings (SSSR count). The summed E-state index contributed by atoms with van der Waals surface area (Å²) in [5.41, 5.74) is 1.24. The number of alkyl halides is 1. The topological polar surface area (TPSA) is 46.2 Å². The Morgan fingerprint density at radius 3 is 2.44 bits per heavy atom. The van der Waals surface area contributed by atoms with Crippen molar-refractivity contribution in [3.8, 4) is 0 Å². The highest BCUT2D eigenvalue weighted by molar-refractivity contribution is 9.09. The van der Waals surface area contributed by atoms with Crippen molar-refractivity contribution >= 4 is 26.0 Å². The largest absolute Gasteiger partial charge is 0.241 e. The van der Waals surface area contributed by atoms with E-state index in [1.165, 1.54) is 0 Å². The van der Waals surface area contributed by atoms with E-state index in [2.05, 4.69) is 20.7 Å². The summed E-state index contributed by atoms with van der Waals surface area (Å²) >= 11 is 3.36. The Morgan fingerprint density at radius 1 is 1.33 bits per heavy atom. The first kappa shape index (κ1) is 15.7. The molecule has 0 heterocycles. The number of sulfonamides is 1. The van der Waals surface area contributed by atoms with Gasteiger partial charge in [0.15, 0.2) is 0 Å². The molecule has 0 aliphatic carbocycles. The fourth-order valence-corrected chi connectivity index (χ4v) is 4.10. The van der Waals surface area contributed by atoms with Crippen LogP contribution < -0.4 is 4.72 Å². The van der Waals surface area contributed by atoms with Crippen LogP contribution in [0.4, 0.5) is 0 Å². The molecule has 3 nitrogen and oxygen atoms in total. The van der Waals surface area contributed by atoms with Gasteiger partial charge >= 0.3 is 0 Å². The van der Waals surface area contributed by atoms with Gasteiger partial charge < -0.3 is 0 Å². The number of hydrogen-bond donors (Lipinski definition) is 1. The van der Waals surface area contributed by atoms with Crippen LogP contribution in [-0.2, 0) is 10.0 Å². The SMILES string of the molecule is CCC(C)(CBr)NS(=O)(=O)c1cc(C)ccc1C. The van der Waals surface area contributed by atoms with E-state index in [1.54, 1.807) is 6.07 Å². The predicted octanol–water partition coefficient (Wildman–Crippen LogP) is 3.15. The van der Waals surface area contributed by atoms with Crippen LogP contribution in [0.5, 0.6) is 0 Å². The Balaban J connectivity index is 3.18. The summed E-state index contributed by atoms with van der Waals surface area (Å²) in [6.45, 7) is 7.56. The van der Waals surface area contributed by atoms with Gasteiger partial charge in [0, 0.05) is 10.9 Å². The quantitative estimate of drug-likeness (QED) is 0.841. The standard InChI is InChI=1S/C13H20BrNO2S/c1-5-13(4,9-14)15-18(16,17)12-8-10(2)6-7-11(12)3/h6-8,15H,5,9H2,1-4H3. The Hall–Kier alpha value is -0.390. The van der Waals surface area contributed by atoms with Crippen molar-refractivity contribution in [3.05, 3.63) is 29.3 Å². The predicted molar refractivity (Wildman–Crippen MR) is 78.7 cm³/mol. The van der Waals surface area contributed by atoms with Crippen LogP contribution >= 0.6 is 15.9 Å². The van der Waals surface area contributed by atoms with Gasteiger partial charge in [-0.2, -0.15) is 0 Å². The highest BCUT2D eigenvalue weighted by atomic mass is 79.9. The van der Waals surface area contributed by atoms with E-state index in [1.807, 2.05) is 39.8 Å². The lowest BCUT2D eigenvalue weighted by molar-refractivity contribution is 0.449. The van der Waals surface area contributed by atoms with Gasteiger partial charge in [-0.3, -0.25) is 0 Å². The smallest absolute Gasteiger partial charge is 0.207 e. The van der Waals surface area contributed by atoms with Gasteiger partial charge in [0.2, 0.25) is 10.0 Å². The molecule has 18 heavy (non-hydrogen) atoms. The Morgan fingerprint density at radius 2 is 1.94 bits per heavy atom. The Kier molecular flexibility index (Phi) is 4.98. The number of hydrogen-bond acceptors (Lipinski definition) is 2. The van der Waals surface area contributed by atoms with Crippen molar-refractivity contribution in [2.24, 2.45) is 0 Å². The van der Waals surface area contributed by atoms with Crippen LogP contribution in [0.15, 0.2) is 23.1 Å². The van der Waals surface area contributed by atoms with Crippen LogP contribution in [0.3, 0.4) is 0 Å². The molecule has 1 unspecified atom stereocenters. The molecule has 1 aromatic rings. The molecule has 0 fully saturated rings. The number of rotatable bonds is 5. The lowest BCUT2D eigenvalue weighted by Gasteiger charge is -2.27. The molecule has 0 aliphatic rings. The van der Waals surface area contributed by atoms with Gasteiger partial charge in [-0.15, -0.1) is 0 Å². The molecule has 0 radical (unpaired) electrons. The lowest BCUT2D eigenvalue weighted by atomic mass is 10.0. The molecule has 0 aliphatic heterocycles. The van der Waals surface area contributed by atoms with Gasteiger partial charge in [-0.25, -0.2) is 13.1 Å². The highest BCUT2D eigenvalue weighted by Gasteiger charge is 2.28. The van der Waals surface area contributed by atoms with Crippen molar-refractivity contribution in [2.75, 3.05) is 5.33 Å². The summed E-state index contributed by atoms with van der Waals surface area (Å²) in [6, 6.07) is 5.46. The highest BCUT2D eigenvalue weighted by Crippen LogP contribution is 2.21. The zero-order valence-corrected chi connectivity index (χ0v) is 13.7. The molecule has 1 aromatic carbocycles. The van der Waals surface area contributed by atoms with Crippen LogP contribution in [0.25, 0.3) is 0 Å². The van der Waals surface area contributed by atoms with E-state index in [0.717, 1.165) is 17.5 Å². The van der Waals surface area contributed by atoms with Crippen LogP contribution in [0.1, 0.15) is 31.4 Å². The van der Waals surface area contributed by atoms with E-state index in [9.17, 15) is 8.42 Å². The van der Waals surface area contributed by atoms with Gasteiger partial charge in [0.05, 0.1) is 4.90 Å². The summed E-state index contributed by atoms with van der Waals surface area (Å²) in [4.78, 5) is 0.364. The summed E-state index contributed by atoms with van der Waals surface area (Å²) in [5, 5.41) is 0.584. The second-order valence-electron chi connectivity index (χ2n) is 4.92. The maximum atomic E-state index is 12.4. The molecule has 5 heteroatoms. The minimum absolute atomic E-state index is 0.364. The number of halogens is 1. The molecular weight excluding hydrogens is 314 g/mol. The first-order valence-corrected chi connectivity index (χ1v) is 8.52. The molecule has 0 aromatic heterocycles. The number of nitrogens with one attached hydrogen (secondary N) is 1. The van der Waals surface area contributed by atoms with Gasteiger partial charge in [-0.05, 0) is 44.4 Å². The van der Waals surface area contributed by atoms with Gasteiger partial charge in [0.25, 0.3) is 0 Å². The minimum Gasteiger partial charge on any atom is -0.207 e. The zero-order chi connectivity index (χ0) is 14.0. The van der Waals surface area contributed by atoms with Crippen molar-refractivity contribution in [2.45, 2.75) is 44.6 Å². The Labute approximate surface area is 118 Å². The summed E-state index contributed by atoms with van der Waals surface area (Å²) in [5.74, 6) is 0. The molecule has 1 atom stereocenters. The third-order valence-corrected chi connectivity index (χ3v) is 6.11. The van der Waals surface area contributed by atoms with Crippen LogP contribution in [0, 0.1) is 13.8 Å². The Bertz CT molecular complexity index is 522. The van der Waals surface area contributed by atoms with Crippen molar-refractivity contribution in [1.82, 2.24) is 4.72 Å². The van der Waals surface area contributed by atoms with E-state index < -0.39 is 15.6 Å². The van der Waals surface area contributed by atoms with E-state index in [4.69, 9.17) is 0 Å². The van der Waals surface area contributed by atoms with E-state index in [0.29, 0.717) is 10.2 Å². The fraction of sp³-hybridized carbons (Fsp3) is 0.538. The molecule has 0 saturated carbocycles. The van der Waals surface area contributed by atoms with Gasteiger partial charge in [-0.1, -0.05) is 35.0 Å². The normalized spacial score (nSPS) is 15.4. The van der Waals surface area contributed by atoms with Crippen molar-refractivity contribution < 1.29 is 8.42 Å². The monoisotopic (exact) mass is 333 g/mol. The second kappa shape index (κ2) is 5.72. The average Bonchev–Trinajstić information content (AvgIpc) is 2.31. The van der Waals surface area contributed by atoms with E-state index in [-0.39, 0.29) is 0 Å². The number of aryl methyl sites for hydroxylation is 2. The molecule has 102 valence electrons. The van der Waals surface area contributed by atoms with Crippen molar-refractivity contribution in [3.63, 3.8) is 0 Å². The zero-order valence-electron chi connectivity index (χ0n) is 11.2. The molecule has 0 spiro atoms. The first-order valence-electron chi connectivity index (χ1n) is 5.91. The molecular formula is C13H20BrNO2S. The van der Waals surface area contributed by atoms with Crippen LogP contribution in [0.2, 0.25) is 0 Å². The second-order valence-corrected chi connectivity index (χ2v) is 7.13. The average molecular weight is 334 g/mol. The molecule has 0 saturated heterocycles.